The minimum Gasteiger partial charge on any atom is -0.344 e. The van der Waals surface area contributed by atoms with E-state index in [9.17, 15) is 4.79 Å². The molecule has 4 aliphatic rings. The van der Waals surface area contributed by atoms with Crippen molar-refractivity contribution in [3.05, 3.63) is 18.2 Å². The summed E-state index contributed by atoms with van der Waals surface area (Å²) in [4.78, 5) is 20.4. The van der Waals surface area contributed by atoms with E-state index >= 15 is 0 Å². The number of alkyl halides is 2. The highest BCUT2D eigenvalue weighted by atomic mass is 35.5. The predicted molar refractivity (Wildman–Crippen MR) is 108 cm³/mol. The van der Waals surface area contributed by atoms with Crippen LogP contribution in [0.15, 0.2) is 12.4 Å². The van der Waals surface area contributed by atoms with E-state index in [1.54, 1.807) is 0 Å². The van der Waals surface area contributed by atoms with Crippen molar-refractivity contribution in [3.63, 3.8) is 0 Å². The summed E-state index contributed by atoms with van der Waals surface area (Å²) >= 11 is 12.9. The number of carbonyl (C=O) groups is 1. The van der Waals surface area contributed by atoms with Gasteiger partial charge in [0.2, 0.25) is 5.91 Å². The first-order valence-electron chi connectivity index (χ1n) is 10.2. The number of rotatable bonds is 4. The third kappa shape index (κ3) is 3.40. The second kappa shape index (κ2) is 7.57. The fourth-order valence-corrected chi connectivity index (χ4v) is 6.24. The van der Waals surface area contributed by atoms with Crippen molar-refractivity contribution in [2.24, 2.45) is 18.9 Å². The lowest BCUT2D eigenvalue weighted by Gasteiger charge is -2.56. The van der Waals surface area contributed by atoms with E-state index in [1.807, 2.05) is 24.0 Å². The fourth-order valence-electron chi connectivity index (χ4n) is 5.54. The summed E-state index contributed by atoms with van der Waals surface area (Å²) in [5.74, 6) is 1.52. The Labute approximate surface area is 171 Å². The molecule has 0 radical (unpaired) electrons. The Morgan fingerprint density at radius 1 is 1.26 bits per heavy atom. The number of hydrogen-bond donors (Lipinski definition) is 1. The Morgan fingerprint density at radius 3 is 2.63 bits per heavy atom. The minimum atomic E-state index is -0.306. The molecular formula is C20H30Cl2N4O. The van der Waals surface area contributed by atoms with E-state index in [1.165, 1.54) is 12.8 Å². The number of nitrogens with zero attached hydrogens (tertiary/aromatic N) is 3. The number of carbonyl (C=O) groups excluding carboxylic acids is 1. The van der Waals surface area contributed by atoms with Gasteiger partial charge in [0, 0.05) is 31.5 Å². The summed E-state index contributed by atoms with van der Waals surface area (Å²) in [7, 11) is 4.21. The number of piperidine rings is 2. The van der Waals surface area contributed by atoms with E-state index < -0.39 is 0 Å². The van der Waals surface area contributed by atoms with Gasteiger partial charge in [-0.2, -0.15) is 0 Å². The van der Waals surface area contributed by atoms with Crippen LogP contribution in [0, 0.1) is 11.8 Å². The Kier molecular flexibility index (Phi) is 5.47. The number of aromatic nitrogens is 2. The van der Waals surface area contributed by atoms with Crippen molar-refractivity contribution in [2.45, 2.75) is 67.3 Å². The summed E-state index contributed by atoms with van der Waals surface area (Å²) in [5.41, 5.74) is -0.0691. The number of aryl methyl sites for hydroxylation is 1. The van der Waals surface area contributed by atoms with E-state index in [-0.39, 0.29) is 34.2 Å². The SMILES string of the molecule is CN1CC2CCC1(C(NC(=O)C1CCCC(Cl)C1Cl)c1nccn1C)CC2. The molecular weight excluding hydrogens is 383 g/mol. The average Bonchev–Trinajstić information content (AvgIpc) is 3.08. The van der Waals surface area contributed by atoms with Gasteiger partial charge in [-0.05, 0) is 51.5 Å². The predicted octanol–water partition coefficient (Wildman–Crippen LogP) is 3.47. The molecule has 27 heavy (non-hydrogen) atoms. The van der Waals surface area contributed by atoms with Crippen LogP contribution >= 0.6 is 23.2 Å². The lowest BCUT2D eigenvalue weighted by molar-refractivity contribution is -0.129. The molecule has 4 fully saturated rings. The zero-order valence-electron chi connectivity index (χ0n) is 16.2. The third-order valence-corrected chi connectivity index (χ3v) is 8.49. The number of likely N-dealkylation sites (N-methyl/N-ethyl adjacent to an activating group) is 1. The molecule has 2 saturated heterocycles. The van der Waals surface area contributed by atoms with Crippen molar-refractivity contribution in [1.82, 2.24) is 19.8 Å². The molecule has 4 atom stereocenters. The highest BCUT2D eigenvalue weighted by molar-refractivity contribution is 6.31. The van der Waals surface area contributed by atoms with Crippen molar-refractivity contribution in [3.8, 4) is 0 Å². The Balaban J connectivity index is 1.63. The molecule has 2 aliphatic heterocycles. The van der Waals surface area contributed by atoms with Gasteiger partial charge in [0.25, 0.3) is 0 Å². The quantitative estimate of drug-likeness (QED) is 0.770. The number of halogens is 2. The molecule has 1 aromatic heterocycles. The summed E-state index contributed by atoms with van der Waals surface area (Å²) in [6.07, 6.45) is 11.1. The smallest absolute Gasteiger partial charge is 0.225 e. The zero-order chi connectivity index (χ0) is 19.2. The van der Waals surface area contributed by atoms with Gasteiger partial charge in [0.15, 0.2) is 0 Å². The summed E-state index contributed by atoms with van der Waals surface area (Å²) < 4.78 is 2.04. The molecule has 3 heterocycles. The average molecular weight is 413 g/mol. The monoisotopic (exact) mass is 412 g/mol. The van der Waals surface area contributed by atoms with Crippen molar-refractivity contribution in [1.29, 1.82) is 0 Å². The highest BCUT2D eigenvalue weighted by Crippen LogP contribution is 2.48. The molecule has 0 aromatic carbocycles. The second-order valence-electron chi connectivity index (χ2n) is 8.76. The number of imidazole rings is 1. The van der Waals surface area contributed by atoms with Crippen LogP contribution in [0.2, 0.25) is 0 Å². The van der Waals surface area contributed by atoms with Gasteiger partial charge in [-0.15, -0.1) is 23.2 Å². The Bertz CT molecular complexity index is 685. The maximum absolute atomic E-state index is 13.3. The van der Waals surface area contributed by atoms with Crippen LogP contribution in [-0.2, 0) is 11.8 Å². The van der Waals surface area contributed by atoms with Crippen LogP contribution in [0.25, 0.3) is 0 Å². The third-order valence-electron chi connectivity index (χ3n) is 7.27. The Morgan fingerprint density at radius 2 is 2.00 bits per heavy atom. The normalized spacial score (nSPS) is 37.9. The highest BCUT2D eigenvalue weighted by Gasteiger charge is 2.52. The van der Waals surface area contributed by atoms with Gasteiger partial charge in [0.05, 0.1) is 16.7 Å². The van der Waals surface area contributed by atoms with E-state index in [4.69, 9.17) is 23.2 Å². The number of nitrogens with one attached hydrogen (secondary N) is 1. The largest absolute Gasteiger partial charge is 0.344 e. The molecule has 4 unspecified atom stereocenters. The molecule has 7 heteroatoms. The lowest BCUT2D eigenvalue weighted by Crippen LogP contribution is -2.63. The first-order chi connectivity index (χ1) is 12.9. The zero-order valence-corrected chi connectivity index (χ0v) is 17.7. The van der Waals surface area contributed by atoms with Crippen LogP contribution in [0.5, 0.6) is 0 Å². The number of amides is 1. The topological polar surface area (TPSA) is 50.2 Å². The molecule has 5 rings (SSSR count). The van der Waals surface area contributed by atoms with Crippen molar-refractivity contribution < 1.29 is 4.79 Å². The summed E-state index contributed by atoms with van der Waals surface area (Å²) in [5, 5.41) is 2.95. The molecule has 2 aliphatic carbocycles. The van der Waals surface area contributed by atoms with Crippen LogP contribution < -0.4 is 5.32 Å². The van der Waals surface area contributed by atoms with E-state index in [0.29, 0.717) is 0 Å². The molecule has 5 nitrogen and oxygen atoms in total. The van der Waals surface area contributed by atoms with Gasteiger partial charge >= 0.3 is 0 Å². The molecule has 2 bridgehead atoms. The van der Waals surface area contributed by atoms with Crippen LogP contribution in [0.3, 0.4) is 0 Å². The number of hydrogen-bond acceptors (Lipinski definition) is 3. The number of fused-ring (bicyclic) bond motifs is 3. The van der Waals surface area contributed by atoms with E-state index in [2.05, 4.69) is 22.2 Å². The van der Waals surface area contributed by atoms with Crippen LogP contribution in [-0.4, -0.2) is 50.2 Å². The minimum absolute atomic E-state index is 0.0313. The fraction of sp³-hybridized carbons (Fsp3) is 0.800. The van der Waals surface area contributed by atoms with Gasteiger partial charge in [0.1, 0.15) is 11.9 Å². The van der Waals surface area contributed by atoms with Crippen molar-refractivity contribution in [2.75, 3.05) is 13.6 Å². The molecule has 1 amide bonds. The van der Waals surface area contributed by atoms with Gasteiger partial charge in [-0.1, -0.05) is 6.42 Å². The van der Waals surface area contributed by atoms with Gasteiger partial charge < -0.3 is 9.88 Å². The first kappa shape index (κ1) is 19.5. The molecule has 1 N–H and O–H groups in total. The second-order valence-corrected chi connectivity index (χ2v) is 9.83. The molecule has 2 saturated carbocycles. The summed E-state index contributed by atoms with van der Waals surface area (Å²) in [6.45, 7) is 1.10. The molecule has 0 spiro atoms. The first-order valence-corrected chi connectivity index (χ1v) is 11.1. The van der Waals surface area contributed by atoms with Gasteiger partial charge in [-0.25, -0.2) is 4.98 Å². The molecule has 150 valence electrons. The van der Waals surface area contributed by atoms with Gasteiger partial charge in [-0.3, -0.25) is 9.69 Å². The standard InChI is InChI=1S/C20H30Cl2N4O/c1-25-11-10-23-18(25)17(20-8-6-13(7-9-20)12-26(20)2)24-19(27)14-4-3-5-15(21)16(14)22/h10-11,13-17H,3-9,12H2,1-2H3,(H,24,27). The Hall–Kier alpha value is -0.780. The lowest BCUT2D eigenvalue weighted by atomic mass is 9.66. The van der Waals surface area contributed by atoms with Crippen LogP contribution in [0.1, 0.15) is 56.8 Å². The molecule has 1 aromatic rings. The van der Waals surface area contributed by atoms with Crippen LogP contribution in [0.4, 0.5) is 0 Å². The maximum atomic E-state index is 13.3. The van der Waals surface area contributed by atoms with Crippen molar-refractivity contribution >= 4 is 29.1 Å². The summed E-state index contributed by atoms with van der Waals surface area (Å²) in [6, 6.07) is -0.129. The van der Waals surface area contributed by atoms with E-state index in [0.717, 1.165) is 50.4 Å². The maximum Gasteiger partial charge on any atom is 0.225 e.